The van der Waals surface area contributed by atoms with Crippen LogP contribution in [0.4, 0.5) is 5.69 Å². The number of rotatable bonds is 2. The molecule has 4 nitrogen and oxygen atoms in total. The third-order valence-corrected chi connectivity index (χ3v) is 7.46. The first-order valence-electron chi connectivity index (χ1n) is 10.6. The molecule has 31 heavy (non-hydrogen) atoms. The minimum atomic E-state index is -1.15. The van der Waals surface area contributed by atoms with Crippen LogP contribution in [0.25, 0.3) is 0 Å². The van der Waals surface area contributed by atoms with E-state index < -0.39 is 17.3 Å². The van der Waals surface area contributed by atoms with Crippen molar-refractivity contribution in [1.82, 2.24) is 0 Å². The summed E-state index contributed by atoms with van der Waals surface area (Å²) >= 11 is 0. The lowest BCUT2D eigenvalue weighted by atomic mass is 9.48. The van der Waals surface area contributed by atoms with Gasteiger partial charge >= 0.3 is 0 Å². The number of carbonyl (C=O) groups excluding carboxylic acids is 3. The van der Waals surface area contributed by atoms with E-state index in [0.717, 1.165) is 39.7 Å². The van der Waals surface area contributed by atoms with Gasteiger partial charge in [-0.2, -0.15) is 0 Å². The molecule has 2 bridgehead atoms. The smallest absolute Gasteiger partial charge is 0.239 e. The summed E-state index contributed by atoms with van der Waals surface area (Å²) < 4.78 is 0. The second-order valence-electron chi connectivity index (χ2n) is 8.94. The van der Waals surface area contributed by atoms with Crippen molar-refractivity contribution in [3.05, 3.63) is 100 Å². The number of anilines is 1. The predicted molar refractivity (Wildman–Crippen MR) is 117 cm³/mol. The molecule has 1 saturated heterocycles. The minimum Gasteiger partial charge on any atom is -0.302 e. The van der Waals surface area contributed by atoms with E-state index in [2.05, 4.69) is 0 Å². The molecule has 1 heterocycles. The van der Waals surface area contributed by atoms with Crippen LogP contribution in [0, 0.1) is 25.7 Å². The van der Waals surface area contributed by atoms with Crippen molar-refractivity contribution in [2.75, 3.05) is 4.90 Å². The van der Waals surface area contributed by atoms with Gasteiger partial charge in [-0.1, -0.05) is 66.2 Å². The van der Waals surface area contributed by atoms with Crippen LogP contribution in [-0.2, 0) is 19.8 Å². The van der Waals surface area contributed by atoms with Crippen LogP contribution in [0.3, 0.4) is 0 Å². The van der Waals surface area contributed by atoms with Gasteiger partial charge in [0.2, 0.25) is 11.8 Å². The van der Waals surface area contributed by atoms with Gasteiger partial charge in [0, 0.05) is 5.92 Å². The molecule has 4 aliphatic rings. The highest BCUT2D eigenvalue weighted by Crippen LogP contribution is 2.63. The van der Waals surface area contributed by atoms with Crippen molar-refractivity contribution >= 4 is 23.8 Å². The molecule has 4 heteroatoms. The molecule has 2 amide bonds. The number of aldehydes is 1. The molecule has 7 rings (SSSR count). The summed E-state index contributed by atoms with van der Waals surface area (Å²) in [6.07, 6.45) is 0.911. The fourth-order valence-electron chi connectivity index (χ4n) is 6.32. The molecule has 152 valence electrons. The van der Waals surface area contributed by atoms with Gasteiger partial charge in [0.05, 0.1) is 22.9 Å². The Bertz CT molecular complexity index is 1260. The number of aryl methyl sites for hydroxylation is 2. The zero-order valence-corrected chi connectivity index (χ0v) is 17.3. The Labute approximate surface area is 180 Å². The largest absolute Gasteiger partial charge is 0.302 e. The second kappa shape index (κ2) is 6.01. The number of hydrogen-bond donors (Lipinski definition) is 0. The number of carbonyl (C=O) groups is 3. The molecule has 1 aliphatic heterocycles. The molecule has 0 radical (unpaired) electrons. The molecule has 1 fully saturated rings. The van der Waals surface area contributed by atoms with Gasteiger partial charge in [-0.05, 0) is 47.7 Å². The van der Waals surface area contributed by atoms with E-state index in [0.29, 0.717) is 5.69 Å². The molecule has 3 aromatic rings. The average Bonchev–Trinajstić information content (AvgIpc) is 3.05. The summed E-state index contributed by atoms with van der Waals surface area (Å²) in [5.74, 6) is -2.02. The highest BCUT2D eigenvalue weighted by atomic mass is 16.2. The topological polar surface area (TPSA) is 54.5 Å². The van der Waals surface area contributed by atoms with E-state index in [9.17, 15) is 14.4 Å². The van der Waals surface area contributed by atoms with Crippen LogP contribution in [0.2, 0.25) is 0 Å². The Morgan fingerprint density at radius 3 is 2.03 bits per heavy atom. The second-order valence-corrected chi connectivity index (χ2v) is 8.94. The molecule has 0 spiro atoms. The number of amides is 2. The van der Waals surface area contributed by atoms with E-state index >= 15 is 0 Å². The van der Waals surface area contributed by atoms with Crippen LogP contribution >= 0.6 is 0 Å². The lowest BCUT2D eigenvalue weighted by Gasteiger charge is -2.51. The van der Waals surface area contributed by atoms with Crippen molar-refractivity contribution in [2.45, 2.75) is 25.2 Å². The lowest BCUT2D eigenvalue weighted by Crippen LogP contribution is -2.54. The maximum atomic E-state index is 13.9. The molecule has 0 aromatic heterocycles. The van der Waals surface area contributed by atoms with Crippen LogP contribution in [0.1, 0.15) is 39.3 Å². The summed E-state index contributed by atoms with van der Waals surface area (Å²) in [5, 5.41) is 0. The van der Waals surface area contributed by atoms with E-state index in [1.54, 1.807) is 0 Å². The van der Waals surface area contributed by atoms with Gasteiger partial charge in [0.25, 0.3) is 0 Å². The fourth-order valence-corrected chi connectivity index (χ4v) is 6.32. The van der Waals surface area contributed by atoms with Crippen LogP contribution < -0.4 is 4.90 Å². The SMILES string of the molecule is Cc1ccc(N2C(=O)C3C4c5ccccc5C(C=O)(c5ccccc54)C3C2=O)c(C)c1. The van der Waals surface area contributed by atoms with Crippen molar-refractivity contribution in [3.63, 3.8) is 0 Å². The number of nitrogens with zero attached hydrogens (tertiary/aromatic N) is 1. The molecule has 3 aliphatic carbocycles. The van der Waals surface area contributed by atoms with Gasteiger partial charge in [-0.25, -0.2) is 4.90 Å². The predicted octanol–water partition coefficient (Wildman–Crippen LogP) is 4.05. The highest BCUT2D eigenvalue weighted by molar-refractivity contribution is 6.25. The van der Waals surface area contributed by atoms with Gasteiger partial charge in [-0.15, -0.1) is 0 Å². The Morgan fingerprint density at radius 2 is 1.45 bits per heavy atom. The van der Waals surface area contributed by atoms with E-state index in [1.165, 1.54) is 4.90 Å². The molecular weight excluding hydrogens is 386 g/mol. The third-order valence-electron chi connectivity index (χ3n) is 7.46. The van der Waals surface area contributed by atoms with Crippen LogP contribution in [0.5, 0.6) is 0 Å². The summed E-state index contributed by atoms with van der Waals surface area (Å²) in [4.78, 5) is 42.0. The average molecular weight is 407 g/mol. The van der Waals surface area contributed by atoms with Crippen LogP contribution in [0.15, 0.2) is 66.7 Å². The molecule has 3 aromatic carbocycles. The minimum absolute atomic E-state index is 0.206. The first-order chi connectivity index (χ1) is 15.0. The van der Waals surface area contributed by atoms with E-state index in [1.807, 2.05) is 80.6 Å². The van der Waals surface area contributed by atoms with Crippen molar-refractivity contribution < 1.29 is 14.4 Å². The monoisotopic (exact) mass is 407 g/mol. The summed E-state index contributed by atoms with van der Waals surface area (Å²) in [6, 6.07) is 21.3. The Hall–Kier alpha value is -3.53. The van der Waals surface area contributed by atoms with Crippen molar-refractivity contribution in [2.24, 2.45) is 11.8 Å². The van der Waals surface area contributed by atoms with E-state index in [4.69, 9.17) is 0 Å². The third kappa shape index (κ3) is 2.03. The number of imide groups is 1. The highest BCUT2D eigenvalue weighted by Gasteiger charge is 2.68. The van der Waals surface area contributed by atoms with Gasteiger partial charge in [0.1, 0.15) is 6.29 Å². The Morgan fingerprint density at radius 1 is 0.839 bits per heavy atom. The summed E-state index contributed by atoms with van der Waals surface area (Å²) in [6.45, 7) is 3.90. The fraction of sp³-hybridized carbons (Fsp3) is 0.222. The molecule has 0 saturated carbocycles. The van der Waals surface area contributed by atoms with E-state index in [-0.39, 0.29) is 17.7 Å². The van der Waals surface area contributed by atoms with Gasteiger partial charge in [-0.3, -0.25) is 9.59 Å². The van der Waals surface area contributed by atoms with Gasteiger partial charge < -0.3 is 4.79 Å². The maximum Gasteiger partial charge on any atom is 0.239 e. The standard InChI is InChI=1S/C27H21NO3/c1-15-11-12-21(16(2)13-15)28-25(30)23-22-17-7-3-5-9-19(17)27(14-29,24(23)26(28)31)20-10-6-4-8-18(20)22/h3-14,22-24H,1-2H3. The number of hydrogen-bond acceptors (Lipinski definition) is 3. The maximum absolute atomic E-state index is 13.9. The Balaban J connectivity index is 1.65. The first kappa shape index (κ1) is 18.3. The summed E-state index contributed by atoms with van der Waals surface area (Å²) in [5.41, 5.74) is 5.11. The van der Waals surface area contributed by atoms with Crippen LogP contribution in [-0.4, -0.2) is 18.1 Å². The quantitative estimate of drug-likeness (QED) is 0.476. The van der Waals surface area contributed by atoms with Crippen molar-refractivity contribution in [3.8, 4) is 0 Å². The lowest BCUT2D eigenvalue weighted by molar-refractivity contribution is -0.128. The first-order valence-corrected chi connectivity index (χ1v) is 10.6. The number of benzene rings is 3. The zero-order valence-electron chi connectivity index (χ0n) is 17.3. The summed E-state index contributed by atoms with van der Waals surface area (Å²) in [7, 11) is 0. The normalized spacial score (nSPS) is 27.7. The van der Waals surface area contributed by atoms with Gasteiger partial charge in [0.15, 0.2) is 0 Å². The molecule has 2 unspecified atom stereocenters. The Kier molecular flexibility index (Phi) is 3.54. The zero-order chi connectivity index (χ0) is 21.5. The molecule has 0 N–H and O–H groups in total. The molecular formula is C27H21NO3. The van der Waals surface area contributed by atoms with Crippen molar-refractivity contribution in [1.29, 1.82) is 0 Å². The molecule has 2 atom stereocenters.